The van der Waals surface area contributed by atoms with E-state index in [2.05, 4.69) is 15.7 Å². The van der Waals surface area contributed by atoms with Crippen LogP contribution in [0.4, 0.5) is 11.5 Å². The van der Waals surface area contributed by atoms with Gasteiger partial charge in [-0.1, -0.05) is 6.07 Å². The van der Waals surface area contributed by atoms with Gasteiger partial charge in [-0.3, -0.25) is 14.3 Å². The van der Waals surface area contributed by atoms with E-state index in [9.17, 15) is 9.59 Å². The average Bonchev–Trinajstić information content (AvgIpc) is 3.18. The summed E-state index contributed by atoms with van der Waals surface area (Å²) in [6.07, 6.45) is 1.22. The van der Waals surface area contributed by atoms with Gasteiger partial charge in [0.2, 0.25) is 0 Å². The van der Waals surface area contributed by atoms with Crippen LogP contribution in [0.25, 0.3) is 0 Å². The number of hydrogen-bond donors (Lipinski definition) is 2. The van der Waals surface area contributed by atoms with E-state index in [1.165, 1.54) is 0 Å². The highest BCUT2D eigenvalue weighted by atomic mass is 16.5. The van der Waals surface area contributed by atoms with E-state index in [1.54, 1.807) is 42.1 Å². The predicted octanol–water partition coefficient (Wildman–Crippen LogP) is 2.10. The predicted molar refractivity (Wildman–Crippen MR) is 89.9 cm³/mol. The minimum Gasteiger partial charge on any atom is -0.368 e. The molecule has 0 spiro atoms. The molecule has 2 N–H and O–H groups in total. The first-order valence-corrected chi connectivity index (χ1v) is 7.87. The van der Waals surface area contributed by atoms with Crippen LogP contribution in [-0.4, -0.2) is 34.3 Å². The molecule has 1 aromatic carbocycles. The van der Waals surface area contributed by atoms with Gasteiger partial charge in [0.1, 0.15) is 11.9 Å². The van der Waals surface area contributed by atoms with Crippen LogP contribution in [0.1, 0.15) is 28.9 Å². The second kappa shape index (κ2) is 6.84. The number of ether oxygens (including phenoxy) is 1. The highest BCUT2D eigenvalue weighted by molar-refractivity contribution is 6.05. The molecule has 126 valence electrons. The van der Waals surface area contributed by atoms with Crippen molar-refractivity contribution in [2.75, 3.05) is 17.2 Å². The molecule has 3 rings (SSSR count). The van der Waals surface area contributed by atoms with Gasteiger partial charge in [0.25, 0.3) is 11.8 Å². The summed E-state index contributed by atoms with van der Waals surface area (Å²) in [5.74, 6) is 0.185. The SMILES string of the molecule is Cc1cc(NC(=O)c2cccc(NC(=O)[C@H]3CCCO3)c2)n(C)n1. The lowest BCUT2D eigenvalue weighted by Crippen LogP contribution is -2.27. The first kappa shape index (κ1) is 16.2. The molecule has 24 heavy (non-hydrogen) atoms. The van der Waals surface area contributed by atoms with Crippen molar-refractivity contribution in [1.29, 1.82) is 0 Å². The number of aryl methyl sites for hydroxylation is 2. The summed E-state index contributed by atoms with van der Waals surface area (Å²) in [7, 11) is 1.76. The van der Waals surface area contributed by atoms with E-state index in [1.807, 2.05) is 6.92 Å². The van der Waals surface area contributed by atoms with Crippen molar-refractivity contribution in [3.05, 3.63) is 41.6 Å². The lowest BCUT2D eigenvalue weighted by molar-refractivity contribution is -0.124. The first-order valence-electron chi connectivity index (χ1n) is 7.87. The summed E-state index contributed by atoms with van der Waals surface area (Å²) < 4.78 is 6.97. The van der Waals surface area contributed by atoms with Crippen molar-refractivity contribution in [3.8, 4) is 0 Å². The van der Waals surface area contributed by atoms with Crippen LogP contribution in [0.5, 0.6) is 0 Å². The van der Waals surface area contributed by atoms with Crippen LogP contribution >= 0.6 is 0 Å². The standard InChI is InChI=1S/C17H20N4O3/c1-11-9-15(21(2)20-11)19-16(22)12-5-3-6-13(10-12)18-17(23)14-7-4-8-24-14/h3,5-6,9-10,14H,4,7-8H2,1-2H3,(H,18,23)(H,19,22)/t14-/m1/s1. The molecule has 0 bridgehead atoms. The smallest absolute Gasteiger partial charge is 0.256 e. The Kier molecular flexibility index (Phi) is 4.61. The third-order valence-electron chi connectivity index (χ3n) is 3.86. The quantitative estimate of drug-likeness (QED) is 0.900. The Morgan fingerprint density at radius 1 is 1.29 bits per heavy atom. The fourth-order valence-electron chi connectivity index (χ4n) is 2.66. The van der Waals surface area contributed by atoms with Gasteiger partial charge in [-0.25, -0.2) is 0 Å². The number of anilines is 2. The Labute approximate surface area is 140 Å². The maximum atomic E-state index is 12.4. The number of carbonyl (C=O) groups is 2. The largest absolute Gasteiger partial charge is 0.368 e. The van der Waals surface area contributed by atoms with Gasteiger partial charge >= 0.3 is 0 Å². The number of rotatable bonds is 4. The molecule has 1 atom stereocenters. The third-order valence-corrected chi connectivity index (χ3v) is 3.86. The molecule has 2 amide bonds. The summed E-state index contributed by atoms with van der Waals surface area (Å²) in [5, 5.41) is 9.79. The van der Waals surface area contributed by atoms with Crippen LogP contribution in [0, 0.1) is 6.92 Å². The molecule has 1 aliphatic heterocycles. The Morgan fingerprint density at radius 3 is 2.79 bits per heavy atom. The molecule has 0 unspecified atom stereocenters. The maximum absolute atomic E-state index is 12.4. The highest BCUT2D eigenvalue weighted by Gasteiger charge is 2.23. The van der Waals surface area contributed by atoms with Crippen LogP contribution in [-0.2, 0) is 16.6 Å². The van der Waals surface area contributed by atoms with Gasteiger partial charge in [-0.05, 0) is 38.0 Å². The van der Waals surface area contributed by atoms with Gasteiger partial charge in [-0.2, -0.15) is 5.10 Å². The second-order valence-corrected chi connectivity index (χ2v) is 5.82. The lowest BCUT2D eigenvalue weighted by atomic mass is 10.1. The normalized spacial score (nSPS) is 16.8. The van der Waals surface area contributed by atoms with E-state index >= 15 is 0 Å². The summed E-state index contributed by atoms with van der Waals surface area (Å²) in [4.78, 5) is 24.5. The Bertz CT molecular complexity index is 763. The fraction of sp³-hybridized carbons (Fsp3) is 0.353. The third kappa shape index (κ3) is 3.62. The van der Waals surface area contributed by atoms with Crippen molar-refractivity contribution in [3.63, 3.8) is 0 Å². The molecule has 2 heterocycles. The van der Waals surface area contributed by atoms with Crippen LogP contribution in [0.2, 0.25) is 0 Å². The average molecular weight is 328 g/mol. The van der Waals surface area contributed by atoms with E-state index in [4.69, 9.17) is 4.74 Å². The second-order valence-electron chi connectivity index (χ2n) is 5.82. The van der Waals surface area contributed by atoms with Gasteiger partial charge < -0.3 is 15.4 Å². The van der Waals surface area contributed by atoms with Gasteiger partial charge in [0, 0.05) is 31.0 Å². The zero-order valence-electron chi connectivity index (χ0n) is 13.7. The molecular weight excluding hydrogens is 308 g/mol. The molecule has 1 aromatic heterocycles. The molecular formula is C17H20N4O3. The van der Waals surface area contributed by atoms with Crippen molar-refractivity contribution in [2.45, 2.75) is 25.9 Å². The lowest BCUT2D eigenvalue weighted by Gasteiger charge is -2.11. The summed E-state index contributed by atoms with van der Waals surface area (Å²) in [6.45, 7) is 2.47. The molecule has 1 saturated heterocycles. The number of nitrogens with zero attached hydrogens (tertiary/aromatic N) is 2. The van der Waals surface area contributed by atoms with Crippen LogP contribution in [0.15, 0.2) is 30.3 Å². The molecule has 0 saturated carbocycles. The van der Waals surface area contributed by atoms with Crippen molar-refractivity contribution < 1.29 is 14.3 Å². The van der Waals surface area contributed by atoms with Crippen LogP contribution in [0.3, 0.4) is 0 Å². The van der Waals surface area contributed by atoms with Crippen molar-refractivity contribution in [1.82, 2.24) is 9.78 Å². The topological polar surface area (TPSA) is 85.3 Å². The molecule has 7 heteroatoms. The summed E-state index contributed by atoms with van der Waals surface area (Å²) >= 11 is 0. The minimum atomic E-state index is -0.403. The summed E-state index contributed by atoms with van der Waals surface area (Å²) in [5.41, 5.74) is 1.86. The number of benzene rings is 1. The van der Waals surface area contributed by atoms with Gasteiger partial charge in [0.05, 0.1) is 5.69 Å². The maximum Gasteiger partial charge on any atom is 0.256 e. The van der Waals surface area contributed by atoms with Crippen molar-refractivity contribution in [2.24, 2.45) is 7.05 Å². The Morgan fingerprint density at radius 2 is 2.12 bits per heavy atom. The number of aromatic nitrogens is 2. The first-order chi connectivity index (χ1) is 11.5. The number of nitrogens with one attached hydrogen (secondary N) is 2. The number of carbonyl (C=O) groups excluding carboxylic acids is 2. The zero-order chi connectivity index (χ0) is 17.1. The molecule has 1 fully saturated rings. The molecule has 0 aliphatic carbocycles. The number of amides is 2. The monoisotopic (exact) mass is 328 g/mol. The summed E-state index contributed by atoms with van der Waals surface area (Å²) in [6, 6.07) is 8.61. The molecule has 2 aromatic rings. The number of hydrogen-bond acceptors (Lipinski definition) is 4. The molecule has 1 aliphatic rings. The van der Waals surface area contributed by atoms with Crippen molar-refractivity contribution >= 4 is 23.3 Å². The van der Waals surface area contributed by atoms with E-state index in [-0.39, 0.29) is 11.8 Å². The van der Waals surface area contributed by atoms with E-state index in [0.717, 1.165) is 18.5 Å². The fourth-order valence-corrected chi connectivity index (χ4v) is 2.66. The van der Waals surface area contributed by atoms with Crippen LogP contribution < -0.4 is 10.6 Å². The van der Waals surface area contributed by atoms with E-state index < -0.39 is 6.10 Å². The van der Waals surface area contributed by atoms with Gasteiger partial charge in [0.15, 0.2) is 0 Å². The molecule has 7 nitrogen and oxygen atoms in total. The van der Waals surface area contributed by atoms with Gasteiger partial charge in [-0.15, -0.1) is 0 Å². The minimum absolute atomic E-state index is 0.174. The van der Waals surface area contributed by atoms with E-state index in [0.29, 0.717) is 23.7 Å². The Balaban J connectivity index is 1.69. The Hall–Kier alpha value is -2.67. The molecule has 0 radical (unpaired) electrons. The zero-order valence-corrected chi connectivity index (χ0v) is 13.7. The highest BCUT2D eigenvalue weighted by Crippen LogP contribution is 2.17.